The van der Waals surface area contributed by atoms with Crippen LogP contribution in [0.25, 0.3) is 0 Å². The number of carbonyl (C=O) groups is 1. The summed E-state index contributed by atoms with van der Waals surface area (Å²) in [5.74, 6) is -0.0789. The second-order valence-corrected chi connectivity index (χ2v) is 3.88. The zero-order valence-electron chi connectivity index (χ0n) is 8.92. The molecule has 3 N–H and O–H groups in total. The molecule has 4 nitrogen and oxygen atoms in total. The van der Waals surface area contributed by atoms with E-state index in [4.69, 9.17) is 5.73 Å². The van der Waals surface area contributed by atoms with E-state index in [0.717, 1.165) is 19.5 Å². The van der Waals surface area contributed by atoms with Crippen molar-refractivity contribution < 1.29 is 4.79 Å². The Morgan fingerprint density at radius 2 is 2.50 bits per heavy atom. The van der Waals surface area contributed by atoms with Gasteiger partial charge >= 0.3 is 0 Å². The summed E-state index contributed by atoms with van der Waals surface area (Å²) in [6, 6.07) is -0.415. The van der Waals surface area contributed by atoms with Crippen molar-refractivity contribution in [1.82, 2.24) is 10.2 Å². The van der Waals surface area contributed by atoms with Gasteiger partial charge in [0.25, 0.3) is 0 Å². The average molecular weight is 197 g/mol. The van der Waals surface area contributed by atoms with Crippen LogP contribution in [0.5, 0.6) is 0 Å². The van der Waals surface area contributed by atoms with Crippen LogP contribution in [0.2, 0.25) is 0 Å². The molecule has 1 atom stereocenters. The van der Waals surface area contributed by atoms with E-state index in [2.05, 4.69) is 23.3 Å². The molecule has 0 aromatic rings. The fourth-order valence-electron chi connectivity index (χ4n) is 1.33. The van der Waals surface area contributed by atoms with Gasteiger partial charge in [0, 0.05) is 19.6 Å². The topological polar surface area (TPSA) is 58.4 Å². The van der Waals surface area contributed by atoms with Crippen molar-refractivity contribution in [2.24, 2.45) is 5.73 Å². The molecular weight excluding hydrogens is 178 g/mol. The molecule has 4 heteroatoms. The number of nitrogens with two attached hydrogens (primary N) is 1. The summed E-state index contributed by atoms with van der Waals surface area (Å²) in [6.07, 6.45) is 3.21. The zero-order valence-corrected chi connectivity index (χ0v) is 8.92. The Hall–Kier alpha value is -0.870. The van der Waals surface area contributed by atoms with Gasteiger partial charge in [-0.3, -0.25) is 4.79 Å². The number of nitrogens with zero attached hydrogens (tertiary/aromatic N) is 1. The SMILES string of the molecule is C[C@@H](N)C(=O)NCC1=CCN(C)CC1. The third-order valence-corrected chi connectivity index (χ3v) is 2.41. The minimum Gasteiger partial charge on any atom is -0.351 e. The molecule has 0 unspecified atom stereocenters. The Morgan fingerprint density at radius 1 is 1.79 bits per heavy atom. The normalized spacial score (nSPS) is 20.1. The van der Waals surface area contributed by atoms with Gasteiger partial charge in [0.2, 0.25) is 5.91 Å². The fourth-order valence-corrected chi connectivity index (χ4v) is 1.33. The highest BCUT2D eigenvalue weighted by Gasteiger charge is 2.10. The molecule has 0 spiro atoms. The van der Waals surface area contributed by atoms with Crippen LogP contribution in [0.4, 0.5) is 0 Å². The first-order valence-electron chi connectivity index (χ1n) is 4.99. The van der Waals surface area contributed by atoms with Crippen LogP contribution in [-0.2, 0) is 4.79 Å². The van der Waals surface area contributed by atoms with Crippen molar-refractivity contribution >= 4 is 5.91 Å². The van der Waals surface area contributed by atoms with Crippen molar-refractivity contribution in [1.29, 1.82) is 0 Å². The fraction of sp³-hybridized carbons (Fsp3) is 0.700. The van der Waals surface area contributed by atoms with Crippen LogP contribution in [0.3, 0.4) is 0 Å². The predicted octanol–water partition coefficient (Wildman–Crippen LogP) is -0.288. The van der Waals surface area contributed by atoms with Gasteiger partial charge in [-0.1, -0.05) is 11.6 Å². The third-order valence-electron chi connectivity index (χ3n) is 2.41. The number of nitrogens with one attached hydrogen (secondary N) is 1. The Labute approximate surface area is 85.1 Å². The Balaban J connectivity index is 2.28. The lowest BCUT2D eigenvalue weighted by molar-refractivity contribution is -0.121. The minimum absolute atomic E-state index is 0.0789. The van der Waals surface area contributed by atoms with Gasteiger partial charge < -0.3 is 16.0 Å². The molecule has 1 rings (SSSR count). The molecule has 0 saturated heterocycles. The summed E-state index contributed by atoms with van der Waals surface area (Å²) in [6.45, 7) is 4.38. The largest absolute Gasteiger partial charge is 0.351 e. The van der Waals surface area contributed by atoms with Crippen LogP contribution < -0.4 is 11.1 Å². The lowest BCUT2D eigenvalue weighted by Gasteiger charge is -2.22. The average Bonchev–Trinajstić information content (AvgIpc) is 2.16. The van der Waals surface area contributed by atoms with Gasteiger partial charge in [0.1, 0.15) is 0 Å². The molecule has 1 heterocycles. The first-order valence-corrected chi connectivity index (χ1v) is 4.99. The number of rotatable bonds is 3. The summed E-state index contributed by atoms with van der Waals surface area (Å²) in [5, 5.41) is 2.82. The highest BCUT2D eigenvalue weighted by Crippen LogP contribution is 2.07. The molecule has 0 aromatic heterocycles. The molecule has 0 aromatic carbocycles. The van der Waals surface area contributed by atoms with E-state index < -0.39 is 6.04 Å². The quantitative estimate of drug-likeness (QED) is 0.611. The van der Waals surface area contributed by atoms with E-state index >= 15 is 0 Å². The van der Waals surface area contributed by atoms with Crippen LogP contribution in [0, 0.1) is 0 Å². The van der Waals surface area contributed by atoms with E-state index in [0.29, 0.717) is 6.54 Å². The third kappa shape index (κ3) is 3.47. The number of hydrogen-bond acceptors (Lipinski definition) is 3. The highest BCUT2D eigenvalue weighted by atomic mass is 16.2. The minimum atomic E-state index is -0.415. The monoisotopic (exact) mass is 197 g/mol. The Bertz CT molecular complexity index is 236. The molecule has 14 heavy (non-hydrogen) atoms. The number of carbonyl (C=O) groups excluding carboxylic acids is 1. The number of likely N-dealkylation sites (N-methyl/N-ethyl adjacent to an activating group) is 1. The zero-order chi connectivity index (χ0) is 10.6. The maximum atomic E-state index is 11.2. The second-order valence-electron chi connectivity index (χ2n) is 3.88. The molecule has 1 aliphatic rings. The van der Waals surface area contributed by atoms with E-state index in [1.165, 1.54) is 5.57 Å². The molecule has 0 aliphatic carbocycles. The standard InChI is InChI=1S/C10H19N3O/c1-8(11)10(14)12-7-9-3-5-13(2)6-4-9/h3,8H,4-7,11H2,1-2H3,(H,12,14)/t8-/m1/s1. The molecule has 80 valence electrons. The summed E-state index contributed by atoms with van der Waals surface area (Å²) in [7, 11) is 2.09. The lowest BCUT2D eigenvalue weighted by Crippen LogP contribution is -2.39. The van der Waals surface area contributed by atoms with E-state index in [1.807, 2.05) is 0 Å². The van der Waals surface area contributed by atoms with Crippen molar-refractivity contribution in [3.63, 3.8) is 0 Å². The predicted molar refractivity (Wildman–Crippen MR) is 56.9 cm³/mol. The van der Waals surface area contributed by atoms with Gasteiger partial charge in [0.15, 0.2) is 0 Å². The highest BCUT2D eigenvalue weighted by molar-refractivity contribution is 5.81. The summed E-state index contributed by atoms with van der Waals surface area (Å²) < 4.78 is 0. The lowest BCUT2D eigenvalue weighted by atomic mass is 10.1. The Morgan fingerprint density at radius 3 is 3.00 bits per heavy atom. The molecule has 0 radical (unpaired) electrons. The van der Waals surface area contributed by atoms with Crippen LogP contribution in [0.1, 0.15) is 13.3 Å². The van der Waals surface area contributed by atoms with Crippen LogP contribution >= 0.6 is 0 Å². The van der Waals surface area contributed by atoms with Crippen molar-refractivity contribution in [2.45, 2.75) is 19.4 Å². The molecule has 0 bridgehead atoms. The summed E-state index contributed by atoms with van der Waals surface area (Å²) in [5.41, 5.74) is 6.74. The van der Waals surface area contributed by atoms with Gasteiger partial charge in [-0.25, -0.2) is 0 Å². The molecule has 0 fully saturated rings. The maximum absolute atomic E-state index is 11.2. The van der Waals surface area contributed by atoms with E-state index in [9.17, 15) is 4.79 Å². The van der Waals surface area contributed by atoms with Crippen molar-refractivity contribution in [3.05, 3.63) is 11.6 Å². The molecule has 1 aliphatic heterocycles. The molecule has 0 saturated carbocycles. The van der Waals surface area contributed by atoms with Crippen LogP contribution in [0.15, 0.2) is 11.6 Å². The van der Waals surface area contributed by atoms with Crippen LogP contribution in [-0.4, -0.2) is 43.5 Å². The van der Waals surface area contributed by atoms with Gasteiger partial charge in [0.05, 0.1) is 6.04 Å². The second kappa shape index (κ2) is 5.12. The van der Waals surface area contributed by atoms with Gasteiger partial charge in [-0.15, -0.1) is 0 Å². The van der Waals surface area contributed by atoms with Gasteiger partial charge in [-0.05, 0) is 20.4 Å². The molecule has 1 amide bonds. The summed E-state index contributed by atoms with van der Waals surface area (Å²) >= 11 is 0. The first-order chi connectivity index (χ1) is 6.59. The summed E-state index contributed by atoms with van der Waals surface area (Å²) in [4.78, 5) is 13.4. The van der Waals surface area contributed by atoms with Crippen molar-refractivity contribution in [2.75, 3.05) is 26.7 Å². The number of amides is 1. The first kappa shape index (κ1) is 11.2. The number of hydrogen-bond donors (Lipinski definition) is 2. The van der Waals surface area contributed by atoms with E-state index in [1.54, 1.807) is 6.92 Å². The van der Waals surface area contributed by atoms with Gasteiger partial charge in [-0.2, -0.15) is 0 Å². The Kier molecular flexibility index (Phi) is 4.10. The smallest absolute Gasteiger partial charge is 0.236 e. The molecular formula is C10H19N3O. The maximum Gasteiger partial charge on any atom is 0.236 e. The van der Waals surface area contributed by atoms with Crippen molar-refractivity contribution in [3.8, 4) is 0 Å². The van der Waals surface area contributed by atoms with E-state index in [-0.39, 0.29) is 5.91 Å².